The van der Waals surface area contributed by atoms with Gasteiger partial charge in [-0.2, -0.15) is 0 Å². The average Bonchev–Trinajstić information content (AvgIpc) is 2.96. The Kier molecular flexibility index (Phi) is 9.92. The summed E-state index contributed by atoms with van der Waals surface area (Å²) in [6.07, 6.45) is 6.24. The maximum atomic E-state index is 6.39. The van der Waals surface area contributed by atoms with Crippen molar-refractivity contribution >= 4 is 0 Å². The van der Waals surface area contributed by atoms with E-state index in [1.54, 1.807) is 14.2 Å². The normalized spacial score (nSPS) is 19.5. The van der Waals surface area contributed by atoms with E-state index in [0.717, 1.165) is 72.8 Å². The predicted molar refractivity (Wildman–Crippen MR) is 171 cm³/mol. The fourth-order valence-electron chi connectivity index (χ4n) is 6.53. The number of rotatable bonds is 10. The van der Waals surface area contributed by atoms with Crippen LogP contribution in [0.1, 0.15) is 62.0 Å². The highest BCUT2D eigenvalue weighted by molar-refractivity contribution is 5.69. The van der Waals surface area contributed by atoms with E-state index in [0.29, 0.717) is 31.7 Å². The Morgan fingerprint density at radius 2 is 1.79 bits per heavy atom. The lowest BCUT2D eigenvalue weighted by Crippen LogP contribution is -2.29. The summed E-state index contributed by atoms with van der Waals surface area (Å²) in [5.41, 5.74) is 7.72. The lowest BCUT2D eigenvalue weighted by atomic mass is 9.74. The predicted octanol–water partition coefficient (Wildman–Crippen LogP) is 6.57. The first-order valence-electron chi connectivity index (χ1n) is 15.7. The minimum atomic E-state index is 0.287. The summed E-state index contributed by atoms with van der Waals surface area (Å²) in [4.78, 5) is 12.4. The molecule has 1 aliphatic heterocycles. The summed E-state index contributed by atoms with van der Waals surface area (Å²) in [6, 6.07) is 12.7. The maximum absolute atomic E-state index is 6.39. The molecule has 0 saturated carbocycles. The molecule has 0 saturated heterocycles. The van der Waals surface area contributed by atoms with Crippen LogP contribution in [0.5, 0.6) is 17.2 Å². The minimum Gasteiger partial charge on any atom is -0.493 e. The molecule has 0 bridgehead atoms. The van der Waals surface area contributed by atoms with Gasteiger partial charge in [0.25, 0.3) is 0 Å². The summed E-state index contributed by atoms with van der Waals surface area (Å²) in [7, 11) is 7.52. The van der Waals surface area contributed by atoms with E-state index >= 15 is 0 Å². The summed E-state index contributed by atoms with van der Waals surface area (Å²) in [5.74, 6) is 4.35. The number of aryl methyl sites for hydroxylation is 1. The molecule has 7 heteroatoms. The number of methoxy groups -OCH3 is 2. The van der Waals surface area contributed by atoms with E-state index in [9.17, 15) is 0 Å². The molecule has 232 valence electrons. The Hall–Kier alpha value is -3.16. The van der Waals surface area contributed by atoms with Crippen molar-refractivity contribution in [1.82, 2.24) is 14.9 Å². The highest BCUT2D eigenvalue weighted by Crippen LogP contribution is 2.39. The van der Waals surface area contributed by atoms with Crippen LogP contribution in [0.4, 0.5) is 0 Å². The minimum absolute atomic E-state index is 0.287. The summed E-state index contributed by atoms with van der Waals surface area (Å²) < 4.78 is 23.0. The molecule has 2 heterocycles. The Bertz CT molecular complexity index is 1400. The zero-order valence-corrected chi connectivity index (χ0v) is 27.2. The molecule has 43 heavy (non-hydrogen) atoms. The molecule has 0 amide bonds. The van der Waals surface area contributed by atoms with Crippen LogP contribution in [0, 0.1) is 17.3 Å². The summed E-state index contributed by atoms with van der Waals surface area (Å²) in [5, 5.41) is 0. The third kappa shape index (κ3) is 7.68. The van der Waals surface area contributed by atoms with Crippen LogP contribution < -0.4 is 14.2 Å². The molecule has 0 radical (unpaired) electrons. The van der Waals surface area contributed by atoms with Crippen molar-refractivity contribution in [2.45, 2.75) is 65.8 Å². The van der Waals surface area contributed by atoms with Crippen molar-refractivity contribution < 1.29 is 18.9 Å². The highest BCUT2D eigenvalue weighted by Gasteiger charge is 2.31. The molecule has 2 aliphatic rings. The van der Waals surface area contributed by atoms with Crippen molar-refractivity contribution in [3.05, 3.63) is 64.7 Å². The molecule has 5 rings (SSSR count). The van der Waals surface area contributed by atoms with Crippen LogP contribution in [0.3, 0.4) is 0 Å². The van der Waals surface area contributed by atoms with Gasteiger partial charge in [-0.3, -0.25) is 0 Å². The lowest BCUT2D eigenvalue weighted by Gasteiger charge is -2.34. The van der Waals surface area contributed by atoms with Crippen LogP contribution in [0.25, 0.3) is 11.1 Å². The highest BCUT2D eigenvalue weighted by atomic mass is 16.5. The standard InChI is InChI=1S/C36H49N3O4/c1-24-18-28-19-26(27-9-11-33(41-7)34(21-27)43-17-16-40-6)8-10-32(28)42-15-13-25(24)20-31-29-22-36(2,3)14-12-30(29)37-35(38-31)23-39(4)5/h8-11,19,21,24-25H,12-18,20,22-23H2,1-7H3. The Balaban J connectivity index is 1.39. The van der Waals surface area contributed by atoms with E-state index in [1.165, 1.54) is 28.9 Å². The van der Waals surface area contributed by atoms with Gasteiger partial charge in [0, 0.05) is 18.5 Å². The zero-order chi connectivity index (χ0) is 30.6. The molecule has 2 atom stereocenters. The van der Waals surface area contributed by atoms with Crippen molar-refractivity contribution in [2.75, 3.05) is 48.1 Å². The lowest BCUT2D eigenvalue weighted by molar-refractivity contribution is 0.144. The number of nitrogens with zero attached hydrogens (tertiary/aromatic N) is 3. The second-order valence-electron chi connectivity index (χ2n) is 13.4. The molecule has 0 spiro atoms. The van der Waals surface area contributed by atoms with Gasteiger partial charge >= 0.3 is 0 Å². The topological polar surface area (TPSA) is 65.9 Å². The molecule has 0 fully saturated rings. The van der Waals surface area contributed by atoms with Gasteiger partial charge in [-0.05, 0) is 116 Å². The van der Waals surface area contributed by atoms with Crippen LogP contribution in [0.2, 0.25) is 0 Å². The molecule has 7 nitrogen and oxygen atoms in total. The van der Waals surface area contributed by atoms with Crippen molar-refractivity contribution in [2.24, 2.45) is 17.3 Å². The molecule has 1 aliphatic carbocycles. The van der Waals surface area contributed by atoms with Crippen LogP contribution >= 0.6 is 0 Å². The van der Waals surface area contributed by atoms with Gasteiger partial charge < -0.3 is 23.8 Å². The fourth-order valence-corrected chi connectivity index (χ4v) is 6.53. The summed E-state index contributed by atoms with van der Waals surface area (Å²) >= 11 is 0. The molecule has 2 aromatic carbocycles. The first kappa shape index (κ1) is 31.3. The smallest absolute Gasteiger partial charge is 0.161 e. The molecular formula is C36H49N3O4. The third-order valence-corrected chi connectivity index (χ3v) is 9.03. The number of hydrogen-bond donors (Lipinski definition) is 0. The molecule has 2 unspecified atom stereocenters. The van der Waals surface area contributed by atoms with Gasteiger partial charge in [-0.15, -0.1) is 0 Å². The first-order chi connectivity index (χ1) is 20.7. The number of benzene rings is 2. The third-order valence-electron chi connectivity index (χ3n) is 9.03. The quantitative estimate of drug-likeness (QED) is 0.249. The van der Waals surface area contributed by atoms with E-state index in [-0.39, 0.29) is 5.41 Å². The van der Waals surface area contributed by atoms with Crippen LogP contribution in [-0.4, -0.2) is 63.0 Å². The van der Waals surface area contributed by atoms with Gasteiger partial charge in [0.2, 0.25) is 0 Å². The fraction of sp³-hybridized carbons (Fsp3) is 0.556. The number of hydrogen-bond acceptors (Lipinski definition) is 7. The van der Waals surface area contributed by atoms with Crippen molar-refractivity contribution in [1.29, 1.82) is 0 Å². The van der Waals surface area contributed by atoms with Crippen molar-refractivity contribution in [3.63, 3.8) is 0 Å². The van der Waals surface area contributed by atoms with Gasteiger partial charge in [-0.25, -0.2) is 9.97 Å². The Labute approximate surface area is 257 Å². The van der Waals surface area contributed by atoms with Gasteiger partial charge in [0.15, 0.2) is 11.5 Å². The maximum Gasteiger partial charge on any atom is 0.161 e. The van der Waals surface area contributed by atoms with Gasteiger partial charge in [-0.1, -0.05) is 32.9 Å². The first-order valence-corrected chi connectivity index (χ1v) is 15.7. The number of fused-ring (bicyclic) bond motifs is 2. The second-order valence-corrected chi connectivity index (χ2v) is 13.4. The van der Waals surface area contributed by atoms with Gasteiger partial charge in [0.05, 0.1) is 26.9 Å². The number of aromatic nitrogens is 2. The monoisotopic (exact) mass is 587 g/mol. The van der Waals surface area contributed by atoms with E-state index in [2.05, 4.69) is 70.1 Å². The molecule has 0 N–H and O–H groups in total. The number of ether oxygens (including phenoxy) is 4. The van der Waals surface area contributed by atoms with E-state index in [4.69, 9.17) is 28.9 Å². The Morgan fingerprint density at radius 3 is 2.56 bits per heavy atom. The van der Waals surface area contributed by atoms with Crippen LogP contribution in [-0.2, 0) is 37.0 Å². The molecular weight excluding hydrogens is 538 g/mol. The van der Waals surface area contributed by atoms with E-state index in [1.807, 2.05) is 6.07 Å². The van der Waals surface area contributed by atoms with Crippen LogP contribution in [0.15, 0.2) is 36.4 Å². The average molecular weight is 588 g/mol. The van der Waals surface area contributed by atoms with Crippen molar-refractivity contribution in [3.8, 4) is 28.4 Å². The largest absolute Gasteiger partial charge is 0.493 e. The van der Waals surface area contributed by atoms with Gasteiger partial charge in [0.1, 0.15) is 18.2 Å². The second kappa shape index (κ2) is 13.6. The van der Waals surface area contributed by atoms with E-state index < -0.39 is 0 Å². The SMILES string of the molecule is COCCOc1cc(-c2ccc3c(c2)CC(C)C(Cc2nc(CN(C)C)nc4c2CC(C)(C)CC4)CCO3)ccc1OC. The Morgan fingerprint density at radius 1 is 1.00 bits per heavy atom. The zero-order valence-electron chi connectivity index (χ0n) is 27.2. The molecule has 3 aromatic rings. The summed E-state index contributed by atoms with van der Waals surface area (Å²) in [6.45, 7) is 9.64. The molecule has 1 aromatic heterocycles.